The van der Waals surface area contributed by atoms with Crippen molar-refractivity contribution in [2.45, 2.75) is 0 Å². The zero-order valence-corrected chi connectivity index (χ0v) is 15.6. The molecule has 4 N–H and O–H groups in total. The molecule has 0 unspecified atom stereocenters. The van der Waals surface area contributed by atoms with E-state index in [1.807, 2.05) is 0 Å². The van der Waals surface area contributed by atoms with Crippen LogP contribution in [0.25, 0.3) is 21.5 Å². The summed E-state index contributed by atoms with van der Waals surface area (Å²) >= 11 is 0. The molecule has 0 heterocycles. The first-order valence-electron chi connectivity index (χ1n) is 8.68. The molecule has 7 nitrogen and oxygen atoms in total. The number of ether oxygens (including phenoxy) is 3. The van der Waals surface area contributed by atoms with Crippen molar-refractivity contribution >= 4 is 21.5 Å². The van der Waals surface area contributed by atoms with Crippen molar-refractivity contribution in [2.75, 3.05) is 14.2 Å². The molecule has 0 saturated heterocycles. The van der Waals surface area contributed by atoms with Crippen LogP contribution in [-0.4, -0.2) is 34.6 Å². The number of hydrogen-bond donors (Lipinski definition) is 4. The molecule has 0 fully saturated rings. The molecule has 0 saturated carbocycles. The highest BCUT2D eigenvalue weighted by Gasteiger charge is 2.26. The van der Waals surface area contributed by atoms with Crippen LogP contribution in [-0.2, 0) is 0 Å². The first-order valence-corrected chi connectivity index (χ1v) is 8.68. The lowest BCUT2D eigenvalue weighted by Crippen LogP contribution is -1.97. The van der Waals surface area contributed by atoms with Crippen LogP contribution >= 0.6 is 0 Å². The summed E-state index contributed by atoms with van der Waals surface area (Å²) in [7, 11) is 2.67. The fraction of sp³-hybridized carbons (Fsp3) is 0.0909. The summed E-state index contributed by atoms with van der Waals surface area (Å²) in [6.07, 6.45) is 0. The van der Waals surface area contributed by atoms with Gasteiger partial charge in [0.2, 0.25) is 23.0 Å². The number of methoxy groups -OCH3 is 2. The third kappa shape index (κ3) is 2.67. The number of hydrogen-bond acceptors (Lipinski definition) is 7. The van der Waals surface area contributed by atoms with Gasteiger partial charge in [0, 0.05) is 21.5 Å². The van der Waals surface area contributed by atoms with Crippen LogP contribution in [0.3, 0.4) is 0 Å². The van der Waals surface area contributed by atoms with Crippen LogP contribution in [0.15, 0.2) is 48.5 Å². The molecule has 7 heteroatoms. The Labute approximate surface area is 165 Å². The second-order valence-electron chi connectivity index (χ2n) is 6.31. The Morgan fingerprint density at radius 1 is 0.483 bits per heavy atom. The number of fused-ring (bicyclic) bond motifs is 2. The molecule has 0 aliphatic carbocycles. The van der Waals surface area contributed by atoms with E-state index in [9.17, 15) is 20.4 Å². The topological polar surface area (TPSA) is 109 Å². The van der Waals surface area contributed by atoms with Gasteiger partial charge in [0.15, 0.2) is 23.0 Å². The Morgan fingerprint density at radius 2 is 0.828 bits per heavy atom. The SMILES string of the molecule is COc1c(O)c(O)c2ccccc2c1Oc1c(OC)c(O)c(O)c2ccccc12. The Balaban J connectivity index is 2.08. The lowest BCUT2D eigenvalue weighted by molar-refractivity contribution is 0.321. The smallest absolute Gasteiger partial charge is 0.208 e. The minimum atomic E-state index is -0.479. The molecule has 0 radical (unpaired) electrons. The van der Waals surface area contributed by atoms with Gasteiger partial charge in [0.1, 0.15) is 0 Å². The van der Waals surface area contributed by atoms with E-state index in [4.69, 9.17) is 14.2 Å². The van der Waals surface area contributed by atoms with E-state index in [1.165, 1.54) is 14.2 Å². The zero-order chi connectivity index (χ0) is 20.7. The van der Waals surface area contributed by atoms with Gasteiger partial charge in [-0.1, -0.05) is 48.5 Å². The van der Waals surface area contributed by atoms with Crippen LogP contribution in [0, 0.1) is 0 Å². The van der Waals surface area contributed by atoms with Gasteiger partial charge < -0.3 is 34.6 Å². The van der Waals surface area contributed by atoms with Crippen molar-refractivity contribution in [3.05, 3.63) is 48.5 Å². The zero-order valence-electron chi connectivity index (χ0n) is 15.6. The third-order valence-corrected chi connectivity index (χ3v) is 4.76. The highest BCUT2D eigenvalue weighted by molar-refractivity contribution is 6.01. The molecule has 148 valence electrons. The fourth-order valence-electron chi connectivity index (χ4n) is 3.39. The van der Waals surface area contributed by atoms with Crippen molar-refractivity contribution < 1.29 is 34.6 Å². The fourth-order valence-corrected chi connectivity index (χ4v) is 3.39. The number of aromatic hydroxyl groups is 4. The van der Waals surface area contributed by atoms with Gasteiger partial charge in [-0.25, -0.2) is 0 Å². The molecule has 4 aromatic carbocycles. The normalized spacial score (nSPS) is 11.0. The summed E-state index contributed by atoms with van der Waals surface area (Å²) in [4.78, 5) is 0. The molecule has 4 rings (SSSR count). The van der Waals surface area contributed by atoms with E-state index in [1.54, 1.807) is 48.5 Å². The van der Waals surface area contributed by atoms with E-state index in [2.05, 4.69) is 0 Å². The highest BCUT2D eigenvalue weighted by atomic mass is 16.5. The summed E-state index contributed by atoms with van der Waals surface area (Å²) in [5.41, 5.74) is 0. The lowest BCUT2D eigenvalue weighted by Gasteiger charge is -2.19. The van der Waals surface area contributed by atoms with Gasteiger partial charge in [-0.2, -0.15) is 0 Å². The maximum Gasteiger partial charge on any atom is 0.208 e. The van der Waals surface area contributed by atoms with E-state index in [0.717, 1.165) is 0 Å². The molecule has 0 bridgehead atoms. The Morgan fingerprint density at radius 3 is 1.17 bits per heavy atom. The van der Waals surface area contributed by atoms with Crippen molar-refractivity contribution in [1.29, 1.82) is 0 Å². The minimum absolute atomic E-state index is 0.0834. The predicted molar refractivity (Wildman–Crippen MR) is 108 cm³/mol. The average Bonchev–Trinajstić information content (AvgIpc) is 2.75. The molecule has 0 amide bonds. The van der Waals surface area contributed by atoms with E-state index < -0.39 is 11.5 Å². The van der Waals surface area contributed by atoms with Crippen molar-refractivity contribution in [2.24, 2.45) is 0 Å². The molecule has 0 aliphatic heterocycles. The molecular weight excluding hydrogens is 376 g/mol. The Bertz CT molecular complexity index is 1150. The average molecular weight is 394 g/mol. The van der Waals surface area contributed by atoms with Gasteiger partial charge >= 0.3 is 0 Å². The summed E-state index contributed by atoms with van der Waals surface area (Å²) in [5, 5.41) is 43.1. The standard InChI is InChI=1S/C22H18O7/c1-27-21-17(25)15(23)11-7-3-5-9-13(11)19(21)29-20-14-10-6-4-8-12(14)16(24)18(26)22(20)28-2/h3-10,23-26H,1-2H3. The first-order chi connectivity index (χ1) is 14.0. The Hall–Kier alpha value is -4.00. The van der Waals surface area contributed by atoms with Crippen LogP contribution in [0.5, 0.6) is 46.0 Å². The number of benzene rings is 4. The quantitative estimate of drug-likeness (QED) is 0.374. The Kier molecular flexibility index (Phi) is 4.35. The highest BCUT2D eigenvalue weighted by Crippen LogP contribution is 2.55. The van der Waals surface area contributed by atoms with E-state index in [-0.39, 0.29) is 34.5 Å². The van der Waals surface area contributed by atoms with Gasteiger partial charge in [-0.3, -0.25) is 0 Å². The van der Waals surface area contributed by atoms with Crippen molar-refractivity contribution in [1.82, 2.24) is 0 Å². The van der Waals surface area contributed by atoms with Crippen molar-refractivity contribution in [3.63, 3.8) is 0 Å². The summed E-state index contributed by atoms with van der Waals surface area (Å²) < 4.78 is 16.7. The summed E-state index contributed by atoms with van der Waals surface area (Å²) in [5.74, 6) is -1.57. The number of rotatable bonds is 4. The van der Waals surface area contributed by atoms with E-state index >= 15 is 0 Å². The van der Waals surface area contributed by atoms with Gasteiger partial charge in [-0.05, 0) is 0 Å². The van der Waals surface area contributed by atoms with Crippen LogP contribution in [0.1, 0.15) is 0 Å². The van der Waals surface area contributed by atoms with Gasteiger partial charge in [0.05, 0.1) is 14.2 Å². The van der Waals surface area contributed by atoms with Gasteiger partial charge in [0.25, 0.3) is 0 Å². The maximum absolute atomic E-state index is 10.4. The van der Waals surface area contributed by atoms with E-state index in [0.29, 0.717) is 21.5 Å². The second-order valence-corrected chi connectivity index (χ2v) is 6.31. The molecular formula is C22H18O7. The second kappa shape index (κ2) is 6.87. The molecule has 4 aromatic rings. The summed E-state index contributed by atoms with van der Waals surface area (Å²) in [6.45, 7) is 0. The monoisotopic (exact) mass is 394 g/mol. The van der Waals surface area contributed by atoms with Crippen LogP contribution in [0.2, 0.25) is 0 Å². The molecule has 0 spiro atoms. The molecule has 0 aliphatic rings. The third-order valence-electron chi connectivity index (χ3n) is 4.76. The van der Waals surface area contributed by atoms with Crippen LogP contribution in [0.4, 0.5) is 0 Å². The first kappa shape index (κ1) is 18.4. The maximum atomic E-state index is 10.4. The number of phenols is 4. The van der Waals surface area contributed by atoms with Crippen molar-refractivity contribution in [3.8, 4) is 46.0 Å². The van der Waals surface area contributed by atoms with Gasteiger partial charge in [-0.15, -0.1) is 0 Å². The minimum Gasteiger partial charge on any atom is -0.504 e. The molecule has 0 aromatic heterocycles. The molecule has 29 heavy (non-hydrogen) atoms. The molecule has 0 atom stereocenters. The largest absolute Gasteiger partial charge is 0.504 e. The lowest BCUT2D eigenvalue weighted by atomic mass is 10.1. The predicted octanol–water partition coefficient (Wildman–Crippen LogP) is 4.62. The number of phenolic OH excluding ortho intramolecular Hbond substituents is 4. The van der Waals surface area contributed by atoms with Crippen LogP contribution < -0.4 is 14.2 Å². The summed E-state index contributed by atoms with van der Waals surface area (Å²) in [6, 6.07) is 13.5.